The number of benzene rings is 1. The Labute approximate surface area is 128 Å². The summed E-state index contributed by atoms with van der Waals surface area (Å²) in [6, 6.07) is 11.1. The molecule has 0 aliphatic carbocycles. The maximum Gasteiger partial charge on any atom is 0.108 e. The summed E-state index contributed by atoms with van der Waals surface area (Å²) in [5.74, 6) is 0. The van der Waals surface area contributed by atoms with Gasteiger partial charge in [0.1, 0.15) is 6.23 Å². The van der Waals surface area contributed by atoms with Crippen molar-refractivity contribution in [1.82, 2.24) is 5.32 Å². The van der Waals surface area contributed by atoms with Gasteiger partial charge in [0.2, 0.25) is 0 Å². The van der Waals surface area contributed by atoms with Gasteiger partial charge in [-0.3, -0.25) is 5.32 Å². The predicted molar refractivity (Wildman–Crippen MR) is 89.2 cm³/mol. The molecule has 2 nitrogen and oxygen atoms in total. The van der Waals surface area contributed by atoms with E-state index >= 15 is 0 Å². The van der Waals surface area contributed by atoms with Crippen LogP contribution in [0.3, 0.4) is 0 Å². The summed E-state index contributed by atoms with van der Waals surface area (Å²) < 4.78 is 5.86. The quantitative estimate of drug-likeness (QED) is 0.757. The van der Waals surface area contributed by atoms with Crippen molar-refractivity contribution in [3.63, 3.8) is 0 Å². The molecule has 21 heavy (non-hydrogen) atoms. The van der Waals surface area contributed by atoms with Crippen LogP contribution in [0, 0.1) is 0 Å². The van der Waals surface area contributed by atoms with Crippen LogP contribution in [0.4, 0.5) is 0 Å². The average Bonchev–Trinajstić information content (AvgIpc) is 2.98. The fourth-order valence-corrected chi connectivity index (χ4v) is 2.75. The summed E-state index contributed by atoms with van der Waals surface area (Å²) in [6.07, 6.45) is 11.1. The summed E-state index contributed by atoms with van der Waals surface area (Å²) in [7, 11) is 0. The van der Waals surface area contributed by atoms with E-state index in [-0.39, 0.29) is 6.23 Å². The zero-order valence-corrected chi connectivity index (χ0v) is 13.2. The molecule has 1 aliphatic heterocycles. The van der Waals surface area contributed by atoms with Gasteiger partial charge >= 0.3 is 0 Å². The molecule has 0 amide bonds. The molecule has 1 saturated heterocycles. The summed E-state index contributed by atoms with van der Waals surface area (Å²) >= 11 is 0. The van der Waals surface area contributed by atoms with Gasteiger partial charge in [-0.15, -0.1) is 0 Å². The standard InChI is InChI=1S/C19H27NO/c1-3-8-16(4-2)11-13-18-15-21-19(20-18)14-12-17-9-6-5-7-10-17/h3-10,18-20H,11-15H2,1-2H3/b8-3-,16-4+/t18-,19?/m0/s1. The van der Waals surface area contributed by atoms with Crippen LogP contribution in [0.15, 0.2) is 54.1 Å². The number of ether oxygens (including phenoxy) is 1. The van der Waals surface area contributed by atoms with Gasteiger partial charge < -0.3 is 4.74 Å². The highest BCUT2D eigenvalue weighted by Crippen LogP contribution is 2.16. The third kappa shape index (κ3) is 5.49. The summed E-state index contributed by atoms with van der Waals surface area (Å²) in [5.41, 5.74) is 2.79. The Kier molecular flexibility index (Phi) is 6.71. The first-order chi connectivity index (χ1) is 10.3. The van der Waals surface area contributed by atoms with Gasteiger partial charge in [0.05, 0.1) is 6.61 Å². The van der Waals surface area contributed by atoms with Crippen LogP contribution >= 0.6 is 0 Å². The van der Waals surface area contributed by atoms with E-state index in [9.17, 15) is 0 Å². The monoisotopic (exact) mass is 285 g/mol. The van der Waals surface area contributed by atoms with Gasteiger partial charge in [0.25, 0.3) is 0 Å². The van der Waals surface area contributed by atoms with Crippen molar-refractivity contribution in [2.75, 3.05) is 6.61 Å². The Bertz CT molecular complexity index is 464. The molecule has 0 radical (unpaired) electrons. The molecule has 114 valence electrons. The number of hydrogen-bond acceptors (Lipinski definition) is 2. The number of nitrogens with one attached hydrogen (secondary N) is 1. The fraction of sp³-hybridized carbons (Fsp3) is 0.474. The highest BCUT2D eigenvalue weighted by Gasteiger charge is 2.23. The van der Waals surface area contributed by atoms with Gasteiger partial charge in [-0.1, -0.05) is 54.1 Å². The zero-order valence-electron chi connectivity index (χ0n) is 13.2. The van der Waals surface area contributed by atoms with E-state index in [4.69, 9.17) is 4.74 Å². The first kappa shape index (κ1) is 16.0. The Morgan fingerprint density at radius 2 is 2.05 bits per heavy atom. The lowest BCUT2D eigenvalue weighted by atomic mass is 10.1. The number of allylic oxidation sites excluding steroid dienone is 4. The molecular formula is C19H27NO. The van der Waals surface area contributed by atoms with Crippen LogP contribution < -0.4 is 5.32 Å². The Hall–Kier alpha value is -1.38. The normalized spacial score (nSPS) is 23.0. The predicted octanol–water partition coefficient (Wildman–Crippen LogP) is 4.24. The van der Waals surface area contributed by atoms with Crippen LogP contribution in [0.1, 0.15) is 38.7 Å². The van der Waals surface area contributed by atoms with Gasteiger partial charge in [-0.25, -0.2) is 0 Å². The molecule has 1 fully saturated rings. The number of aryl methyl sites for hydroxylation is 1. The molecule has 1 unspecified atom stereocenters. The van der Waals surface area contributed by atoms with Crippen molar-refractivity contribution < 1.29 is 4.74 Å². The third-order valence-electron chi connectivity index (χ3n) is 3.99. The topological polar surface area (TPSA) is 21.3 Å². The van der Waals surface area contributed by atoms with Gasteiger partial charge in [-0.2, -0.15) is 0 Å². The molecule has 1 aromatic rings. The van der Waals surface area contributed by atoms with Crippen LogP contribution in [-0.4, -0.2) is 18.9 Å². The maximum absolute atomic E-state index is 5.86. The van der Waals surface area contributed by atoms with Crippen molar-refractivity contribution in [3.05, 3.63) is 59.7 Å². The summed E-state index contributed by atoms with van der Waals surface area (Å²) in [6.45, 7) is 5.02. The number of hydrogen-bond donors (Lipinski definition) is 1. The molecule has 1 N–H and O–H groups in total. The highest BCUT2D eigenvalue weighted by molar-refractivity contribution is 5.17. The van der Waals surface area contributed by atoms with Crippen molar-refractivity contribution in [2.45, 2.75) is 51.8 Å². The average molecular weight is 285 g/mol. The van der Waals surface area contributed by atoms with Gasteiger partial charge in [0.15, 0.2) is 0 Å². The lowest BCUT2D eigenvalue weighted by Gasteiger charge is -2.12. The molecule has 2 atom stereocenters. The highest BCUT2D eigenvalue weighted by atomic mass is 16.5. The minimum Gasteiger partial charge on any atom is -0.362 e. The van der Waals surface area contributed by atoms with Crippen molar-refractivity contribution in [1.29, 1.82) is 0 Å². The Morgan fingerprint density at radius 1 is 1.24 bits per heavy atom. The molecular weight excluding hydrogens is 258 g/mol. The second-order valence-electron chi connectivity index (χ2n) is 5.61. The van der Waals surface area contributed by atoms with Crippen LogP contribution in [0.25, 0.3) is 0 Å². The maximum atomic E-state index is 5.86. The Morgan fingerprint density at radius 3 is 2.76 bits per heavy atom. The van der Waals surface area contributed by atoms with E-state index in [1.54, 1.807) is 0 Å². The van der Waals surface area contributed by atoms with Gasteiger partial charge in [0, 0.05) is 6.04 Å². The zero-order chi connectivity index (χ0) is 14.9. The van der Waals surface area contributed by atoms with Crippen molar-refractivity contribution in [3.8, 4) is 0 Å². The summed E-state index contributed by atoms with van der Waals surface area (Å²) in [5, 5.41) is 3.61. The van der Waals surface area contributed by atoms with Crippen LogP contribution in [-0.2, 0) is 11.2 Å². The van der Waals surface area contributed by atoms with E-state index in [2.05, 4.69) is 67.7 Å². The first-order valence-corrected chi connectivity index (χ1v) is 8.01. The molecule has 0 bridgehead atoms. The van der Waals surface area contributed by atoms with Crippen molar-refractivity contribution >= 4 is 0 Å². The fourth-order valence-electron chi connectivity index (χ4n) is 2.75. The second kappa shape index (κ2) is 8.81. The van der Waals surface area contributed by atoms with Crippen molar-refractivity contribution in [2.24, 2.45) is 0 Å². The van der Waals surface area contributed by atoms with E-state index < -0.39 is 0 Å². The minimum absolute atomic E-state index is 0.214. The van der Waals surface area contributed by atoms with E-state index in [0.29, 0.717) is 6.04 Å². The molecule has 0 saturated carbocycles. The van der Waals surface area contributed by atoms with E-state index in [1.165, 1.54) is 11.1 Å². The lowest BCUT2D eigenvalue weighted by molar-refractivity contribution is 0.0934. The smallest absolute Gasteiger partial charge is 0.108 e. The molecule has 2 heteroatoms. The van der Waals surface area contributed by atoms with Crippen LogP contribution in [0.5, 0.6) is 0 Å². The molecule has 1 aliphatic rings. The molecule has 2 rings (SSSR count). The largest absolute Gasteiger partial charge is 0.362 e. The van der Waals surface area contributed by atoms with E-state index in [0.717, 1.165) is 32.3 Å². The molecule has 1 aromatic carbocycles. The minimum atomic E-state index is 0.214. The number of rotatable bonds is 7. The summed E-state index contributed by atoms with van der Waals surface area (Å²) in [4.78, 5) is 0. The van der Waals surface area contributed by atoms with E-state index in [1.807, 2.05) is 0 Å². The molecule has 0 aromatic heterocycles. The first-order valence-electron chi connectivity index (χ1n) is 8.01. The van der Waals surface area contributed by atoms with Gasteiger partial charge in [-0.05, 0) is 45.1 Å². The Balaban J connectivity index is 1.69. The lowest BCUT2D eigenvalue weighted by Crippen LogP contribution is -2.30. The molecule has 1 heterocycles. The third-order valence-corrected chi connectivity index (χ3v) is 3.99. The van der Waals surface area contributed by atoms with Crippen LogP contribution in [0.2, 0.25) is 0 Å². The SMILES string of the molecule is C/C=C\C(=C/C)CC[C@H]1COC(CCc2ccccc2)N1. The molecule has 0 spiro atoms. The second-order valence-corrected chi connectivity index (χ2v) is 5.61.